The molecule has 0 spiro atoms. The Morgan fingerprint density at radius 2 is 2.18 bits per heavy atom. The lowest BCUT2D eigenvalue weighted by Crippen LogP contribution is -2.31. The number of hydrogen-bond acceptors (Lipinski definition) is 4. The van der Waals surface area contributed by atoms with Gasteiger partial charge in [-0.15, -0.1) is 11.3 Å². The minimum Gasteiger partial charge on any atom is -0.310 e. The highest BCUT2D eigenvalue weighted by atomic mass is 32.1. The van der Waals surface area contributed by atoms with Gasteiger partial charge in [0.05, 0.1) is 15.2 Å². The van der Waals surface area contributed by atoms with Crippen LogP contribution in [0.1, 0.15) is 48.7 Å². The molecule has 2 aromatic rings. The largest absolute Gasteiger partial charge is 0.310 e. The fraction of sp³-hybridized carbons (Fsp3) is 0.611. The summed E-state index contributed by atoms with van der Waals surface area (Å²) in [6, 6.07) is 7.42. The molecule has 3 nitrogen and oxygen atoms in total. The van der Waals surface area contributed by atoms with Crippen LogP contribution in [0.4, 0.5) is 0 Å². The lowest BCUT2D eigenvalue weighted by atomic mass is 9.92. The zero-order valence-electron chi connectivity index (χ0n) is 13.5. The van der Waals surface area contributed by atoms with E-state index in [1.807, 2.05) is 11.3 Å². The molecule has 4 rings (SSSR count). The Morgan fingerprint density at radius 1 is 1.27 bits per heavy atom. The van der Waals surface area contributed by atoms with E-state index < -0.39 is 0 Å². The first kappa shape index (κ1) is 14.6. The summed E-state index contributed by atoms with van der Waals surface area (Å²) in [5.74, 6) is 1.45. The van der Waals surface area contributed by atoms with Gasteiger partial charge in [0.25, 0.3) is 0 Å². The van der Waals surface area contributed by atoms with E-state index in [1.54, 1.807) is 0 Å². The van der Waals surface area contributed by atoms with Crippen LogP contribution in [0.2, 0.25) is 0 Å². The second-order valence-electron chi connectivity index (χ2n) is 7.17. The molecule has 22 heavy (non-hydrogen) atoms. The maximum atomic E-state index is 4.96. The van der Waals surface area contributed by atoms with Gasteiger partial charge >= 0.3 is 0 Å². The Hall–Kier alpha value is -0.970. The van der Waals surface area contributed by atoms with Crippen LogP contribution in [-0.4, -0.2) is 36.6 Å². The van der Waals surface area contributed by atoms with Crippen molar-refractivity contribution in [1.82, 2.24) is 15.2 Å². The molecule has 3 heterocycles. The van der Waals surface area contributed by atoms with Gasteiger partial charge in [-0.1, -0.05) is 13.0 Å². The Bertz CT molecular complexity index is 657. The third kappa shape index (κ3) is 2.80. The van der Waals surface area contributed by atoms with E-state index in [0.717, 1.165) is 19.0 Å². The van der Waals surface area contributed by atoms with Crippen molar-refractivity contribution < 1.29 is 0 Å². The van der Waals surface area contributed by atoms with Crippen molar-refractivity contribution in [3.05, 3.63) is 28.8 Å². The summed E-state index contributed by atoms with van der Waals surface area (Å²) in [6.07, 6.45) is 3.83. The predicted octanol–water partition coefficient (Wildman–Crippen LogP) is 3.78. The lowest BCUT2D eigenvalue weighted by molar-refractivity contribution is 0.333. The van der Waals surface area contributed by atoms with Gasteiger partial charge < -0.3 is 10.2 Å². The van der Waals surface area contributed by atoms with Crippen LogP contribution in [0.15, 0.2) is 18.2 Å². The summed E-state index contributed by atoms with van der Waals surface area (Å²) in [7, 11) is 2.21. The monoisotopic (exact) mass is 315 g/mol. The zero-order valence-corrected chi connectivity index (χ0v) is 14.3. The minimum absolute atomic E-state index is 0.517. The Morgan fingerprint density at radius 3 is 2.91 bits per heavy atom. The number of hydrogen-bond donors (Lipinski definition) is 1. The molecule has 2 unspecified atom stereocenters. The van der Waals surface area contributed by atoms with Crippen molar-refractivity contribution in [2.24, 2.45) is 5.92 Å². The highest BCUT2D eigenvalue weighted by molar-refractivity contribution is 7.18. The molecular formula is C18H25N3S. The molecule has 2 saturated heterocycles. The summed E-state index contributed by atoms with van der Waals surface area (Å²) in [5.41, 5.74) is 2.62. The Kier molecular flexibility index (Phi) is 3.93. The second kappa shape index (κ2) is 5.91. The predicted molar refractivity (Wildman–Crippen MR) is 93.6 cm³/mol. The van der Waals surface area contributed by atoms with Crippen LogP contribution in [-0.2, 0) is 0 Å². The van der Waals surface area contributed by atoms with Crippen molar-refractivity contribution in [2.75, 3.05) is 26.7 Å². The summed E-state index contributed by atoms with van der Waals surface area (Å²) < 4.78 is 1.34. The number of likely N-dealkylation sites (N-methyl/N-ethyl adjacent to an activating group) is 1. The normalized spacial score (nSPS) is 30.2. The molecule has 1 aromatic carbocycles. The SMILES string of the molecule is C[C@H]1CCC(c2ccc3sc(C4CCN(C)C4)nc3c2)NC1. The molecule has 2 aliphatic heterocycles. The van der Waals surface area contributed by atoms with Crippen molar-refractivity contribution in [1.29, 1.82) is 0 Å². The second-order valence-corrected chi connectivity index (χ2v) is 8.23. The molecule has 2 fully saturated rings. The number of thiazole rings is 1. The summed E-state index contributed by atoms with van der Waals surface area (Å²) in [5, 5.41) is 5.02. The van der Waals surface area contributed by atoms with Crippen LogP contribution in [0, 0.1) is 5.92 Å². The van der Waals surface area contributed by atoms with Crippen LogP contribution < -0.4 is 5.32 Å². The first-order valence-corrected chi connectivity index (χ1v) is 9.33. The van der Waals surface area contributed by atoms with E-state index in [2.05, 4.69) is 42.4 Å². The molecule has 4 heteroatoms. The topological polar surface area (TPSA) is 28.2 Å². The third-order valence-corrected chi connectivity index (χ3v) is 6.43. The maximum absolute atomic E-state index is 4.96. The fourth-order valence-electron chi connectivity index (χ4n) is 3.77. The molecule has 1 N–H and O–H groups in total. The fourth-order valence-corrected chi connectivity index (χ4v) is 4.85. The summed E-state index contributed by atoms with van der Waals surface area (Å²) in [6.45, 7) is 5.84. The number of benzene rings is 1. The quantitative estimate of drug-likeness (QED) is 0.914. The third-order valence-electron chi connectivity index (χ3n) is 5.23. The van der Waals surface area contributed by atoms with Gasteiger partial charge in [-0.05, 0) is 63.0 Å². The van der Waals surface area contributed by atoms with Crippen LogP contribution >= 0.6 is 11.3 Å². The van der Waals surface area contributed by atoms with Gasteiger partial charge in [0.2, 0.25) is 0 Å². The summed E-state index contributed by atoms with van der Waals surface area (Å²) in [4.78, 5) is 7.38. The maximum Gasteiger partial charge on any atom is 0.0982 e. The minimum atomic E-state index is 0.517. The van der Waals surface area contributed by atoms with Crippen molar-refractivity contribution in [3.63, 3.8) is 0 Å². The van der Waals surface area contributed by atoms with E-state index in [9.17, 15) is 0 Å². The average Bonchev–Trinajstić information content (AvgIpc) is 3.13. The van der Waals surface area contributed by atoms with E-state index in [1.165, 1.54) is 46.6 Å². The highest BCUT2D eigenvalue weighted by Gasteiger charge is 2.24. The number of fused-ring (bicyclic) bond motifs is 1. The van der Waals surface area contributed by atoms with Gasteiger partial charge in [0.15, 0.2) is 0 Å². The van der Waals surface area contributed by atoms with E-state index in [0.29, 0.717) is 12.0 Å². The van der Waals surface area contributed by atoms with Gasteiger partial charge in [-0.3, -0.25) is 0 Å². The average molecular weight is 315 g/mol. The molecule has 0 amide bonds. The number of nitrogens with one attached hydrogen (secondary N) is 1. The first-order valence-electron chi connectivity index (χ1n) is 8.51. The molecule has 0 aliphatic carbocycles. The smallest absolute Gasteiger partial charge is 0.0982 e. The van der Waals surface area contributed by atoms with Gasteiger partial charge in [0.1, 0.15) is 0 Å². The first-order chi connectivity index (χ1) is 10.7. The molecule has 0 radical (unpaired) electrons. The number of likely N-dealkylation sites (tertiary alicyclic amines) is 1. The Labute approximate surface area is 136 Å². The van der Waals surface area contributed by atoms with Gasteiger partial charge in [0, 0.05) is 18.5 Å². The molecule has 0 bridgehead atoms. The van der Waals surface area contributed by atoms with Crippen LogP contribution in [0.3, 0.4) is 0 Å². The molecule has 118 valence electrons. The van der Waals surface area contributed by atoms with Gasteiger partial charge in [-0.2, -0.15) is 0 Å². The standard InChI is InChI=1S/C18H25N3S/c1-12-3-5-15(19-10-12)13-4-6-17-16(9-13)20-18(22-17)14-7-8-21(2)11-14/h4,6,9,12,14-15,19H,3,5,7-8,10-11H2,1-2H3/t12-,14?,15?/m0/s1. The zero-order chi connectivity index (χ0) is 15.1. The number of nitrogens with zero attached hydrogens (tertiary/aromatic N) is 2. The van der Waals surface area contributed by atoms with Crippen LogP contribution in [0.5, 0.6) is 0 Å². The highest BCUT2D eigenvalue weighted by Crippen LogP contribution is 2.34. The van der Waals surface area contributed by atoms with E-state index in [-0.39, 0.29) is 0 Å². The number of aromatic nitrogens is 1. The van der Waals surface area contributed by atoms with E-state index >= 15 is 0 Å². The number of rotatable bonds is 2. The van der Waals surface area contributed by atoms with Crippen molar-refractivity contribution in [3.8, 4) is 0 Å². The molecule has 0 saturated carbocycles. The molecule has 3 atom stereocenters. The molecule has 1 aromatic heterocycles. The number of piperidine rings is 1. The molecular weight excluding hydrogens is 290 g/mol. The molecule has 2 aliphatic rings. The Balaban J connectivity index is 1.58. The van der Waals surface area contributed by atoms with Gasteiger partial charge in [-0.25, -0.2) is 4.98 Å². The van der Waals surface area contributed by atoms with Crippen LogP contribution in [0.25, 0.3) is 10.2 Å². The van der Waals surface area contributed by atoms with E-state index in [4.69, 9.17) is 4.98 Å². The lowest BCUT2D eigenvalue weighted by Gasteiger charge is -2.28. The van der Waals surface area contributed by atoms with Crippen molar-refractivity contribution in [2.45, 2.75) is 38.1 Å². The summed E-state index contributed by atoms with van der Waals surface area (Å²) >= 11 is 1.89. The van der Waals surface area contributed by atoms with Crippen molar-refractivity contribution >= 4 is 21.6 Å².